The molecule has 2 rings (SSSR count). The molecule has 1 heterocycles. The number of anilines is 1. The highest BCUT2D eigenvalue weighted by Crippen LogP contribution is 2.17. The minimum absolute atomic E-state index is 0.0719. The monoisotopic (exact) mass is 192 g/mol. The number of hydrogen-bond donors (Lipinski definition) is 2. The largest absolute Gasteiger partial charge is 0.308 e. The van der Waals surface area contributed by atoms with E-state index in [1.165, 1.54) is 12.8 Å². The number of aromatic nitrogens is 2. The van der Waals surface area contributed by atoms with Gasteiger partial charge in [0.15, 0.2) is 5.82 Å². The lowest BCUT2D eigenvalue weighted by Crippen LogP contribution is -2.29. The van der Waals surface area contributed by atoms with E-state index in [4.69, 9.17) is 0 Å². The summed E-state index contributed by atoms with van der Waals surface area (Å²) in [5.41, 5.74) is 0. The van der Waals surface area contributed by atoms with E-state index in [-0.39, 0.29) is 5.91 Å². The molecule has 5 heteroatoms. The van der Waals surface area contributed by atoms with Crippen LogP contribution >= 0.6 is 0 Å². The van der Waals surface area contributed by atoms with E-state index in [0.717, 1.165) is 0 Å². The van der Waals surface area contributed by atoms with Crippen LogP contribution < -0.4 is 10.6 Å². The third-order valence-corrected chi connectivity index (χ3v) is 1.97. The third-order valence-electron chi connectivity index (χ3n) is 1.97. The Morgan fingerprint density at radius 3 is 3.07 bits per heavy atom. The zero-order valence-electron chi connectivity index (χ0n) is 7.73. The molecule has 1 aromatic rings. The van der Waals surface area contributed by atoms with Crippen LogP contribution in [0.2, 0.25) is 0 Å². The number of nitrogens with zero attached hydrogens (tertiary/aromatic N) is 2. The van der Waals surface area contributed by atoms with E-state index in [0.29, 0.717) is 18.4 Å². The van der Waals surface area contributed by atoms with E-state index in [1.54, 1.807) is 18.3 Å². The van der Waals surface area contributed by atoms with Crippen molar-refractivity contribution in [3.8, 4) is 0 Å². The van der Waals surface area contributed by atoms with Crippen LogP contribution in [0.3, 0.4) is 0 Å². The average Bonchev–Trinajstić information content (AvgIpc) is 3.00. The van der Waals surface area contributed by atoms with Gasteiger partial charge in [-0.1, -0.05) is 0 Å². The number of carbonyl (C=O) groups excluding carboxylic acids is 1. The molecule has 1 fully saturated rings. The average molecular weight is 192 g/mol. The van der Waals surface area contributed by atoms with Gasteiger partial charge in [-0.05, 0) is 25.0 Å². The molecule has 2 N–H and O–H groups in total. The first-order valence-corrected chi connectivity index (χ1v) is 4.65. The van der Waals surface area contributed by atoms with Gasteiger partial charge < -0.3 is 10.6 Å². The first kappa shape index (κ1) is 9.08. The van der Waals surface area contributed by atoms with E-state index < -0.39 is 0 Å². The second-order valence-electron chi connectivity index (χ2n) is 3.31. The van der Waals surface area contributed by atoms with Crippen LogP contribution in [0.1, 0.15) is 12.8 Å². The normalized spacial score (nSPS) is 15.1. The molecule has 74 valence electrons. The smallest absolute Gasteiger partial charge is 0.239 e. The van der Waals surface area contributed by atoms with Gasteiger partial charge in [0.25, 0.3) is 0 Å². The number of hydrogen-bond acceptors (Lipinski definition) is 4. The van der Waals surface area contributed by atoms with Crippen molar-refractivity contribution >= 4 is 11.7 Å². The Kier molecular flexibility index (Phi) is 2.69. The van der Waals surface area contributed by atoms with Crippen LogP contribution in [0, 0.1) is 0 Å². The summed E-state index contributed by atoms with van der Waals surface area (Å²) in [6, 6.07) is 3.99. The number of rotatable bonds is 4. The van der Waals surface area contributed by atoms with Gasteiger partial charge in [0.1, 0.15) is 0 Å². The van der Waals surface area contributed by atoms with Gasteiger partial charge in [0, 0.05) is 12.2 Å². The van der Waals surface area contributed by atoms with E-state index in [9.17, 15) is 4.79 Å². The minimum Gasteiger partial charge on any atom is -0.308 e. The summed E-state index contributed by atoms with van der Waals surface area (Å²) in [7, 11) is 0. The number of carbonyl (C=O) groups is 1. The zero-order valence-corrected chi connectivity index (χ0v) is 7.73. The Hall–Kier alpha value is -1.49. The second-order valence-corrected chi connectivity index (χ2v) is 3.31. The fourth-order valence-corrected chi connectivity index (χ4v) is 1.08. The van der Waals surface area contributed by atoms with Crippen LogP contribution in [0.4, 0.5) is 5.82 Å². The molecule has 1 aliphatic rings. The molecule has 0 bridgehead atoms. The molecule has 0 atom stereocenters. The van der Waals surface area contributed by atoms with Crippen LogP contribution in [0.25, 0.3) is 0 Å². The molecule has 1 aliphatic carbocycles. The Bertz CT molecular complexity index is 310. The maximum atomic E-state index is 11.3. The molecule has 0 aliphatic heterocycles. The summed E-state index contributed by atoms with van der Waals surface area (Å²) in [5, 5.41) is 13.2. The van der Waals surface area contributed by atoms with E-state index in [2.05, 4.69) is 20.8 Å². The minimum atomic E-state index is -0.0719. The highest BCUT2D eigenvalue weighted by atomic mass is 16.2. The Morgan fingerprint density at radius 1 is 1.57 bits per heavy atom. The summed E-state index contributed by atoms with van der Waals surface area (Å²) in [4.78, 5) is 11.3. The topological polar surface area (TPSA) is 66.9 Å². The number of nitrogens with one attached hydrogen (secondary N) is 2. The standard InChI is InChI=1S/C9H12N4O/c14-9(6-10-7-3-4-7)12-8-2-1-5-11-13-8/h1-2,5,7,10H,3-4,6H2,(H,12,13,14). The molecule has 0 radical (unpaired) electrons. The predicted octanol–water partition coefficient (Wildman–Crippen LogP) is 0.167. The summed E-state index contributed by atoms with van der Waals surface area (Å²) in [6.45, 7) is 0.348. The van der Waals surface area contributed by atoms with Crippen LogP contribution in [-0.2, 0) is 4.79 Å². The van der Waals surface area contributed by atoms with Gasteiger partial charge >= 0.3 is 0 Å². The zero-order chi connectivity index (χ0) is 9.80. The Balaban J connectivity index is 1.76. The maximum Gasteiger partial charge on any atom is 0.239 e. The van der Waals surface area contributed by atoms with Crippen molar-refractivity contribution in [1.82, 2.24) is 15.5 Å². The predicted molar refractivity (Wildman–Crippen MR) is 51.7 cm³/mol. The van der Waals surface area contributed by atoms with Gasteiger partial charge in [0.05, 0.1) is 6.54 Å². The van der Waals surface area contributed by atoms with Crippen molar-refractivity contribution in [2.24, 2.45) is 0 Å². The molecule has 5 nitrogen and oxygen atoms in total. The molecule has 0 spiro atoms. The van der Waals surface area contributed by atoms with Gasteiger partial charge in [-0.3, -0.25) is 4.79 Å². The van der Waals surface area contributed by atoms with E-state index >= 15 is 0 Å². The lowest BCUT2D eigenvalue weighted by molar-refractivity contribution is -0.115. The summed E-state index contributed by atoms with van der Waals surface area (Å²) in [5.74, 6) is 0.424. The van der Waals surface area contributed by atoms with Gasteiger partial charge in [-0.25, -0.2) is 0 Å². The first-order chi connectivity index (χ1) is 6.84. The first-order valence-electron chi connectivity index (χ1n) is 4.65. The molecule has 1 saturated carbocycles. The fraction of sp³-hybridized carbons (Fsp3) is 0.444. The van der Waals surface area contributed by atoms with Crippen molar-refractivity contribution in [2.75, 3.05) is 11.9 Å². The third kappa shape index (κ3) is 2.77. The Morgan fingerprint density at radius 2 is 2.43 bits per heavy atom. The van der Waals surface area contributed by atoms with Crippen molar-refractivity contribution in [3.05, 3.63) is 18.3 Å². The Labute approximate surface area is 81.9 Å². The fourth-order valence-electron chi connectivity index (χ4n) is 1.08. The molecule has 1 aromatic heterocycles. The summed E-state index contributed by atoms with van der Waals surface area (Å²) >= 11 is 0. The van der Waals surface area contributed by atoms with Gasteiger partial charge in [0.2, 0.25) is 5.91 Å². The molecule has 0 aromatic carbocycles. The second kappa shape index (κ2) is 4.15. The molecular formula is C9H12N4O. The van der Waals surface area contributed by atoms with Crippen LogP contribution in [0.5, 0.6) is 0 Å². The number of amides is 1. The lowest BCUT2D eigenvalue weighted by atomic mass is 10.5. The molecule has 14 heavy (non-hydrogen) atoms. The van der Waals surface area contributed by atoms with Crippen molar-refractivity contribution in [1.29, 1.82) is 0 Å². The molecule has 0 saturated heterocycles. The van der Waals surface area contributed by atoms with E-state index in [1.807, 2.05) is 0 Å². The summed E-state index contributed by atoms with van der Waals surface area (Å²) in [6.07, 6.45) is 3.93. The van der Waals surface area contributed by atoms with Crippen molar-refractivity contribution in [3.63, 3.8) is 0 Å². The molecule has 1 amide bonds. The summed E-state index contributed by atoms with van der Waals surface area (Å²) < 4.78 is 0. The SMILES string of the molecule is O=C(CNC1CC1)Nc1cccnn1. The highest BCUT2D eigenvalue weighted by Gasteiger charge is 2.21. The molecule has 0 unspecified atom stereocenters. The van der Waals surface area contributed by atoms with Crippen molar-refractivity contribution in [2.45, 2.75) is 18.9 Å². The van der Waals surface area contributed by atoms with Gasteiger partial charge in [-0.15, -0.1) is 5.10 Å². The van der Waals surface area contributed by atoms with Crippen molar-refractivity contribution < 1.29 is 4.79 Å². The maximum absolute atomic E-state index is 11.3. The van der Waals surface area contributed by atoms with Crippen LogP contribution in [0.15, 0.2) is 18.3 Å². The molecular weight excluding hydrogens is 180 g/mol. The highest BCUT2D eigenvalue weighted by molar-refractivity contribution is 5.91. The quantitative estimate of drug-likeness (QED) is 0.713. The lowest BCUT2D eigenvalue weighted by Gasteiger charge is -2.03. The van der Waals surface area contributed by atoms with Crippen LogP contribution in [-0.4, -0.2) is 28.7 Å². The van der Waals surface area contributed by atoms with Gasteiger partial charge in [-0.2, -0.15) is 5.10 Å².